The van der Waals surface area contributed by atoms with Gasteiger partial charge in [-0.15, -0.1) is 10.1 Å². The van der Waals surface area contributed by atoms with Crippen molar-refractivity contribution >= 4 is 0 Å². The molecule has 0 aliphatic heterocycles. The molecular formula is C7H18N2O6. The topological polar surface area (TPSA) is 150 Å². The zero-order valence-corrected chi connectivity index (χ0v) is 8.37. The molecule has 0 rings (SSSR count). The van der Waals surface area contributed by atoms with E-state index >= 15 is 0 Å². The van der Waals surface area contributed by atoms with E-state index < -0.39 is 10.6 Å². The lowest BCUT2D eigenvalue weighted by molar-refractivity contribution is -0.742. The molecule has 8 nitrogen and oxygen atoms in total. The van der Waals surface area contributed by atoms with Crippen LogP contribution in [0.4, 0.5) is 0 Å². The first-order valence-corrected chi connectivity index (χ1v) is 4.36. The van der Waals surface area contributed by atoms with E-state index in [9.17, 15) is 0 Å². The molecule has 0 bridgehead atoms. The summed E-state index contributed by atoms with van der Waals surface area (Å²) in [4.78, 5) is 8.36. The van der Waals surface area contributed by atoms with Gasteiger partial charge >= 0.3 is 0 Å². The molecule has 0 unspecified atom stereocenters. The molecule has 15 heavy (non-hydrogen) atoms. The summed E-state index contributed by atoms with van der Waals surface area (Å²) < 4.78 is 0. The van der Waals surface area contributed by atoms with Gasteiger partial charge in [0, 0.05) is 25.4 Å². The van der Waals surface area contributed by atoms with E-state index in [0.29, 0.717) is 19.3 Å². The minimum atomic E-state index is -1.50. The van der Waals surface area contributed by atoms with Gasteiger partial charge in [0.1, 0.15) is 0 Å². The molecular weight excluding hydrogens is 208 g/mol. The molecule has 8 heteroatoms. The van der Waals surface area contributed by atoms with Gasteiger partial charge in [-0.1, -0.05) is 0 Å². The van der Waals surface area contributed by atoms with Gasteiger partial charge < -0.3 is 26.3 Å². The Morgan fingerprint density at radius 3 is 1.40 bits per heavy atom. The number of aliphatic hydroxyl groups is 3. The molecule has 0 aromatic carbocycles. The van der Waals surface area contributed by atoms with Crippen molar-refractivity contribution in [2.75, 3.05) is 19.8 Å². The average molecular weight is 226 g/mol. The van der Waals surface area contributed by atoms with Crippen LogP contribution in [0.2, 0.25) is 0 Å². The Morgan fingerprint density at radius 1 is 1.07 bits per heavy atom. The van der Waals surface area contributed by atoms with Crippen LogP contribution in [0.25, 0.3) is 0 Å². The van der Waals surface area contributed by atoms with Crippen LogP contribution < -0.4 is 5.73 Å². The molecule has 0 aromatic rings. The highest BCUT2D eigenvalue weighted by atomic mass is 16.9. The first-order chi connectivity index (χ1) is 6.91. The summed E-state index contributed by atoms with van der Waals surface area (Å²) in [5, 5.41) is 39.5. The summed E-state index contributed by atoms with van der Waals surface area (Å²) >= 11 is 0. The maximum absolute atomic E-state index is 8.61. The fourth-order valence-electron chi connectivity index (χ4n) is 1.04. The second-order valence-corrected chi connectivity index (χ2v) is 3.02. The van der Waals surface area contributed by atoms with Crippen molar-refractivity contribution in [2.24, 2.45) is 5.73 Å². The standard InChI is InChI=1S/C7H17NO3.HNO3/c8-7(1-4-9,2-5-10)3-6-11;2-1(3)4/h9-11H,1-6,8H2;(H,2,3,4). The summed E-state index contributed by atoms with van der Waals surface area (Å²) in [6, 6.07) is 0. The quantitative estimate of drug-likeness (QED) is 0.272. The Balaban J connectivity index is 0. The highest BCUT2D eigenvalue weighted by Gasteiger charge is 2.22. The smallest absolute Gasteiger partial charge is 0.291 e. The lowest BCUT2D eigenvalue weighted by Gasteiger charge is -2.26. The van der Waals surface area contributed by atoms with Crippen molar-refractivity contribution in [2.45, 2.75) is 24.8 Å². The predicted molar refractivity (Wildman–Crippen MR) is 50.8 cm³/mol. The number of hydrogen-bond acceptors (Lipinski definition) is 6. The number of rotatable bonds is 6. The number of nitrogens with zero attached hydrogens (tertiary/aromatic N) is 1. The Labute approximate surface area is 87.1 Å². The van der Waals surface area contributed by atoms with Gasteiger partial charge in [0.15, 0.2) is 0 Å². The SMILES string of the molecule is NC(CCO)(CCO)CCO.O=[N+]([O-])O. The van der Waals surface area contributed by atoms with Crippen LogP contribution in [0.15, 0.2) is 0 Å². The molecule has 0 radical (unpaired) electrons. The molecule has 0 spiro atoms. The Morgan fingerprint density at radius 2 is 1.27 bits per heavy atom. The van der Waals surface area contributed by atoms with Crippen LogP contribution in [0.5, 0.6) is 0 Å². The van der Waals surface area contributed by atoms with Crippen molar-refractivity contribution in [3.05, 3.63) is 10.1 Å². The van der Waals surface area contributed by atoms with Gasteiger partial charge in [0.2, 0.25) is 0 Å². The summed E-state index contributed by atoms with van der Waals surface area (Å²) in [6.45, 7) is -0.0104. The molecule has 0 amide bonds. The van der Waals surface area contributed by atoms with Crippen LogP contribution in [-0.4, -0.2) is 51.0 Å². The Bertz CT molecular complexity index is 145. The predicted octanol–water partition coefficient (Wildman–Crippen LogP) is -1.52. The lowest BCUT2D eigenvalue weighted by atomic mass is 9.90. The maximum atomic E-state index is 8.61. The minimum Gasteiger partial charge on any atom is -0.396 e. The first-order valence-electron chi connectivity index (χ1n) is 4.36. The monoisotopic (exact) mass is 226 g/mol. The van der Waals surface area contributed by atoms with E-state index in [1.165, 1.54) is 0 Å². The molecule has 92 valence electrons. The third-order valence-corrected chi connectivity index (χ3v) is 1.83. The van der Waals surface area contributed by atoms with Crippen molar-refractivity contribution in [3.63, 3.8) is 0 Å². The molecule has 0 heterocycles. The van der Waals surface area contributed by atoms with Gasteiger partial charge in [0.25, 0.3) is 5.09 Å². The van der Waals surface area contributed by atoms with Crippen LogP contribution >= 0.6 is 0 Å². The van der Waals surface area contributed by atoms with Gasteiger partial charge in [-0.3, -0.25) is 0 Å². The number of aliphatic hydroxyl groups excluding tert-OH is 3. The van der Waals surface area contributed by atoms with Gasteiger partial charge in [-0.25, -0.2) is 0 Å². The van der Waals surface area contributed by atoms with Gasteiger partial charge in [-0.2, -0.15) is 0 Å². The van der Waals surface area contributed by atoms with E-state index in [4.69, 9.17) is 36.4 Å². The highest BCUT2D eigenvalue weighted by molar-refractivity contribution is 4.82. The second kappa shape index (κ2) is 9.59. The van der Waals surface area contributed by atoms with E-state index in [2.05, 4.69) is 0 Å². The van der Waals surface area contributed by atoms with E-state index in [1.54, 1.807) is 0 Å². The van der Waals surface area contributed by atoms with E-state index in [0.717, 1.165) is 0 Å². The highest BCUT2D eigenvalue weighted by Crippen LogP contribution is 2.15. The second-order valence-electron chi connectivity index (χ2n) is 3.02. The zero-order chi connectivity index (χ0) is 12.3. The molecule has 0 aliphatic rings. The van der Waals surface area contributed by atoms with Crippen molar-refractivity contribution in [1.82, 2.24) is 0 Å². The summed E-state index contributed by atoms with van der Waals surface area (Å²) in [5.74, 6) is 0. The largest absolute Gasteiger partial charge is 0.396 e. The van der Waals surface area contributed by atoms with E-state index in [1.807, 2.05) is 0 Å². The maximum Gasteiger partial charge on any atom is 0.291 e. The van der Waals surface area contributed by atoms with Crippen LogP contribution in [-0.2, 0) is 0 Å². The summed E-state index contributed by atoms with van der Waals surface area (Å²) in [6.07, 6.45) is 1.27. The Hall–Kier alpha value is -0.960. The first kappa shape index (κ1) is 16.5. The molecule has 0 aliphatic carbocycles. The lowest BCUT2D eigenvalue weighted by Crippen LogP contribution is -2.42. The van der Waals surface area contributed by atoms with Crippen molar-refractivity contribution in [1.29, 1.82) is 0 Å². The summed E-state index contributed by atoms with van der Waals surface area (Å²) in [7, 11) is 0. The van der Waals surface area contributed by atoms with Crippen LogP contribution in [0.1, 0.15) is 19.3 Å². The third-order valence-electron chi connectivity index (χ3n) is 1.83. The van der Waals surface area contributed by atoms with Gasteiger partial charge in [-0.05, 0) is 19.3 Å². The van der Waals surface area contributed by atoms with E-state index in [-0.39, 0.29) is 19.8 Å². The van der Waals surface area contributed by atoms with Crippen molar-refractivity contribution < 1.29 is 25.6 Å². The third kappa shape index (κ3) is 13.0. The number of hydrogen-bond donors (Lipinski definition) is 5. The summed E-state index contributed by atoms with van der Waals surface area (Å²) in [5.41, 5.74) is 5.15. The minimum absolute atomic E-state index is 0.00347. The van der Waals surface area contributed by atoms with Gasteiger partial charge in [0.05, 0.1) is 0 Å². The fraction of sp³-hybridized carbons (Fsp3) is 1.00. The van der Waals surface area contributed by atoms with Crippen molar-refractivity contribution in [3.8, 4) is 0 Å². The average Bonchev–Trinajstić information content (AvgIpc) is 2.03. The number of nitrogens with two attached hydrogens (primary N) is 1. The zero-order valence-electron chi connectivity index (χ0n) is 8.37. The molecule has 0 atom stereocenters. The normalized spacial score (nSPS) is 10.4. The molecule has 0 fully saturated rings. The molecule has 6 N–H and O–H groups in total. The van der Waals surface area contributed by atoms with Crippen LogP contribution in [0, 0.1) is 10.1 Å². The molecule has 0 aromatic heterocycles. The molecule has 0 saturated heterocycles. The van der Waals surface area contributed by atoms with Crippen LogP contribution in [0.3, 0.4) is 0 Å². The Kier molecular flexibility index (Phi) is 10.5. The molecule has 0 saturated carbocycles. The fourth-order valence-corrected chi connectivity index (χ4v) is 1.04.